The summed E-state index contributed by atoms with van der Waals surface area (Å²) in [5.74, 6) is -5.92. The first-order chi connectivity index (χ1) is 48.7. The van der Waals surface area contributed by atoms with E-state index in [0.29, 0.717) is 81.1 Å². The number of aryl methyl sites for hydroxylation is 6. The predicted octanol–water partition coefficient (Wildman–Crippen LogP) is 12.3. The molecule has 0 bridgehead atoms. The Balaban J connectivity index is 0.000000138. The van der Waals surface area contributed by atoms with Gasteiger partial charge in [-0.15, -0.1) is 51.0 Å². The van der Waals surface area contributed by atoms with Crippen LogP contribution in [-0.2, 0) is 0 Å². The Morgan fingerprint density at radius 2 is 0.718 bits per heavy atom. The molecule has 0 fully saturated rings. The number of quaternary nitrogens is 1. The molecule has 520 valence electrons. The fourth-order valence-electron chi connectivity index (χ4n) is 10.3. The minimum Gasteiger partial charge on any atom is -0.543 e. The number of aromatic carboxylic acids is 5. The van der Waals surface area contributed by atoms with Crippen LogP contribution >= 0.6 is 69.6 Å². The zero-order valence-corrected chi connectivity index (χ0v) is 58.8. The molecule has 10 heterocycles. The number of rotatable bonds is 10. The summed E-state index contributed by atoms with van der Waals surface area (Å²) in [5, 5.41) is 110. The number of aromatic nitrogens is 20. The Labute approximate surface area is 608 Å². The van der Waals surface area contributed by atoms with Crippen LogP contribution < -0.4 is 11.3 Å². The van der Waals surface area contributed by atoms with Gasteiger partial charge in [-0.1, -0.05) is 124 Å². The largest absolute Gasteiger partial charge is 0.543 e. The standard InChI is InChI=1S/C14H10Cl2N4O2.C14H11ClN4O2.2C13H9ClN4O2.C12H7ClN4O2.H3N/c1-6-11(8-3-4-9(15)10(16)5-8)13-18-17-12(14(21)22)7(2)20(13)19-6;1-7-11(9-3-5-10(15)6-4-9)13-17-16-12(14(20)21)8(2)19(13)18-7;1-7-11(8-2-4-9(14)5-3-8)12-16-15-10(13(19)20)6-18(12)17-7;1-7-11(13(19)20)16-17-12-10(6-15-18(7)12)8-2-4-9(14)5-3-8;13-8-3-1-7(2-4-8)9-5-14-17-6-10(12(18)19)15-16-11(9)17;/h3-5H,1-2H3,(H,21,22);3-6H,1-2H3,(H,20,21);2*2-6H,1H3,(H,19,20);1-6H,(H,18,19);1H3. The second-order valence-electron chi connectivity index (χ2n) is 21.7. The highest BCUT2D eigenvalue weighted by Crippen LogP contribution is 2.35. The van der Waals surface area contributed by atoms with Crippen molar-refractivity contribution in [3.05, 3.63) is 233 Å². The Morgan fingerprint density at radius 1 is 0.359 bits per heavy atom. The second-order valence-corrected chi connectivity index (χ2v) is 24.3. The van der Waals surface area contributed by atoms with E-state index in [4.69, 9.17) is 90.0 Å². The van der Waals surface area contributed by atoms with E-state index < -0.39 is 29.8 Å². The van der Waals surface area contributed by atoms with Crippen molar-refractivity contribution in [2.24, 2.45) is 0 Å². The van der Waals surface area contributed by atoms with E-state index in [0.717, 1.165) is 67.0 Å². The van der Waals surface area contributed by atoms with E-state index >= 15 is 0 Å². The third-order valence-corrected chi connectivity index (χ3v) is 16.9. The van der Waals surface area contributed by atoms with Crippen LogP contribution in [0.3, 0.4) is 0 Å². The third kappa shape index (κ3) is 15.5. The molecule has 0 aliphatic heterocycles. The Hall–Kier alpha value is -12.1. The SMILES string of the molecule is Cc1c(C(=O)O)nnc2c(-c3ccc(Cl)cc3)cnn12.Cc1nn2c(C)c(C(=O)O)nnc2c1-c1ccc(Cl)c(Cl)c1.Cc1nn2c(C)c(C(=O)O)nnc2c1-c1ccc(Cl)cc1.Cc1nn2cc(C(=O)O)nnc2c1-c1ccc(Cl)cc1.O=C([O-])c1cn2ncc(-c3ccc(Cl)cc3)c2nn1.[NH4+]. The van der Waals surface area contributed by atoms with Gasteiger partial charge in [0.05, 0.1) is 91.7 Å². The van der Waals surface area contributed by atoms with Crippen LogP contribution in [0.2, 0.25) is 30.1 Å². The molecule has 103 heavy (non-hydrogen) atoms. The van der Waals surface area contributed by atoms with Crippen LogP contribution in [0.5, 0.6) is 0 Å². The van der Waals surface area contributed by atoms with Gasteiger partial charge in [-0.3, -0.25) is 0 Å². The van der Waals surface area contributed by atoms with Gasteiger partial charge < -0.3 is 36.5 Å². The van der Waals surface area contributed by atoms with Crippen molar-refractivity contribution in [1.29, 1.82) is 0 Å². The van der Waals surface area contributed by atoms with Gasteiger partial charge in [0.25, 0.3) is 0 Å². The third-order valence-electron chi connectivity index (χ3n) is 15.2. The van der Waals surface area contributed by atoms with Crippen molar-refractivity contribution in [2.45, 2.75) is 41.5 Å². The summed E-state index contributed by atoms with van der Waals surface area (Å²) in [6.07, 6.45) is 5.83. The fraction of sp³-hybridized carbons (Fsp3) is 0.0909. The Morgan fingerprint density at radius 3 is 1.17 bits per heavy atom. The first-order valence-corrected chi connectivity index (χ1v) is 31.7. The lowest BCUT2D eigenvalue weighted by Crippen LogP contribution is -2.24. The maximum absolute atomic E-state index is 11.1. The number of carbonyl (C=O) groups excluding carboxylic acids is 1. The van der Waals surface area contributed by atoms with Crippen molar-refractivity contribution >= 4 is 128 Å². The summed E-state index contributed by atoms with van der Waals surface area (Å²) < 4.78 is 7.23. The molecule has 0 aliphatic rings. The van der Waals surface area contributed by atoms with Crippen molar-refractivity contribution in [3.63, 3.8) is 0 Å². The molecule has 37 heteroatoms. The molecule has 5 aromatic carbocycles. The fourth-order valence-corrected chi connectivity index (χ4v) is 11.1. The van der Waals surface area contributed by atoms with Crippen LogP contribution in [0.25, 0.3) is 83.9 Å². The van der Waals surface area contributed by atoms with E-state index in [2.05, 4.69) is 76.5 Å². The summed E-state index contributed by atoms with van der Waals surface area (Å²) in [4.78, 5) is 54.8. The van der Waals surface area contributed by atoms with Gasteiger partial charge in [-0.2, -0.15) is 25.5 Å². The predicted molar refractivity (Wildman–Crippen MR) is 378 cm³/mol. The molecule has 0 saturated heterocycles. The molecule has 10 aromatic heterocycles. The van der Waals surface area contributed by atoms with E-state index in [1.165, 1.54) is 35.0 Å². The minimum absolute atomic E-state index is 0. The molecular formula is C66H49Cl6N21O10. The first-order valence-electron chi connectivity index (χ1n) is 29.4. The molecular weight excluding hydrogens is 1460 g/mol. The summed E-state index contributed by atoms with van der Waals surface area (Å²) in [6, 6.07) is 34.2. The average Bonchev–Trinajstić information content (AvgIpc) is 1.63. The van der Waals surface area contributed by atoms with Crippen molar-refractivity contribution in [2.75, 3.05) is 0 Å². The smallest absolute Gasteiger partial charge is 0.358 e. The van der Waals surface area contributed by atoms with Crippen LogP contribution in [0.15, 0.2) is 140 Å². The van der Waals surface area contributed by atoms with E-state index in [1.807, 2.05) is 69.3 Å². The van der Waals surface area contributed by atoms with E-state index in [1.54, 1.807) is 99.9 Å². The topological polar surface area (TPSA) is 441 Å². The van der Waals surface area contributed by atoms with E-state index in [-0.39, 0.29) is 34.6 Å². The zero-order valence-electron chi connectivity index (χ0n) is 54.2. The quantitative estimate of drug-likeness (QED) is 0.0849. The average molecular weight is 1510 g/mol. The monoisotopic (exact) mass is 1510 g/mol. The minimum atomic E-state index is -1.39. The molecule has 8 N–H and O–H groups in total. The molecule has 0 radical (unpaired) electrons. The lowest BCUT2D eigenvalue weighted by atomic mass is 10.1. The summed E-state index contributed by atoms with van der Waals surface area (Å²) in [6.45, 7) is 10.4. The molecule has 15 aromatic rings. The maximum atomic E-state index is 11.1. The number of nitrogens with zero attached hydrogens (tertiary/aromatic N) is 20. The van der Waals surface area contributed by atoms with Crippen LogP contribution in [-0.4, -0.2) is 149 Å². The number of carboxylic acid groups (broad SMARTS) is 5. The molecule has 0 aliphatic carbocycles. The zero-order chi connectivity index (χ0) is 73.1. The van der Waals surface area contributed by atoms with Gasteiger partial charge >= 0.3 is 23.9 Å². The molecule has 0 unspecified atom stereocenters. The Bertz CT molecular complexity index is 5810. The number of carbonyl (C=O) groups is 5. The lowest BCUT2D eigenvalue weighted by molar-refractivity contribution is -0.255. The van der Waals surface area contributed by atoms with Crippen molar-refractivity contribution in [3.8, 4) is 55.6 Å². The van der Waals surface area contributed by atoms with Crippen molar-refractivity contribution < 1.29 is 49.5 Å². The van der Waals surface area contributed by atoms with Gasteiger partial charge in [0, 0.05) is 31.2 Å². The normalized spacial score (nSPS) is 10.8. The lowest BCUT2D eigenvalue weighted by Gasteiger charge is -2.04. The van der Waals surface area contributed by atoms with Gasteiger partial charge in [-0.25, -0.2) is 41.8 Å². The maximum Gasteiger partial charge on any atom is 0.358 e. The highest BCUT2D eigenvalue weighted by Gasteiger charge is 2.24. The van der Waals surface area contributed by atoms with Crippen LogP contribution in [0.4, 0.5) is 0 Å². The molecule has 0 atom stereocenters. The Kier molecular flexibility index (Phi) is 22.0. The number of fused-ring (bicyclic) bond motifs is 5. The van der Waals surface area contributed by atoms with E-state index in [9.17, 15) is 29.1 Å². The van der Waals surface area contributed by atoms with Gasteiger partial charge in [0.15, 0.2) is 51.0 Å². The van der Waals surface area contributed by atoms with Gasteiger partial charge in [0.2, 0.25) is 0 Å². The number of hydrogen-bond acceptors (Lipinski definition) is 21. The number of halogens is 6. The van der Waals surface area contributed by atoms with Gasteiger partial charge in [0.1, 0.15) is 5.69 Å². The van der Waals surface area contributed by atoms with Gasteiger partial charge in [-0.05, 0) is 130 Å². The molecule has 31 nitrogen and oxygen atoms in total. The molecule has 0 saturated carbocycles. The number of carboxylic acids is 5. The summed E-state index contributed by atoms with van der Waals surface area (Å²) >= 11 is 35.4. The highest BCUT2D eigenvalue weighted by molar-refractivity contribution is 6.42. The number of benzene rings is 5. The molecule has 0 amide bonds. The van der Waals surface area contributed by atoms with Crippen molar-refractivity contribution in [1.82, 2.24) is 105 Å². The first kappa shape index (κ1) is 73.6. The summed E-state index contributed by atoms with van der Waals surface area (Å²) in [5.41, 5.74) is 13.4. The van der Waals surface area contributed by atoms with Crippen LogP contribution in [0.1, 0.15) is 86.6 Å². The van der Waals surface area contributed by atoms with Crippen LogP contribution in [0, 0.1) is 41.5 Å². The molecule has 15 rings (SSSR count). The number of hydrogen-bond donors (Lipinski definition) is 5. The highest BCUT2D eigenvalue weighted by atomic mass is 35.5. The second kappa shape index (κ2) is 30.8. The molecule has 0 spiro atoms. The summed E-state index contributed by atoms with van der Waals surface area (Å²) in [7, 11) is 0.